The van der Waals surface area contributed by atoms with Gasteiger partial charge in [-0.1, -0.05) is 18.2 Å². The smallest absolute Gasteiger partial charge is 0.317 e. The third-order valence-electron chi connectivity index (χ3n) is 3.01. The number of para-hydroxylation sites is 1. The number of ether oxygens (including phenoxy) is 1. The minimum absolute atomic E-state index is 0.0502. The molecule has 1 aromatic rings. The quantitative estimate of drug-likeness (QED) is 0.690. The lowest BCUT2D eigenvalue weighted by molar-refractivity contribution is 0.217. The van der Waals surface area contributed by atoms with Crippen molar-refractivity contribution in [2.75, 3.05) is 39.3 Å². The first-order valence-electron chi connectivity index (χ1n) is 6.77. The van der Waals surface area contributed by atoms with Gasteiger partial charge in [-0.05, 0) is 25.1 Å². The molecule has 2 N–H and O–H groups in total. The fraction of sp³-hybridized carbons (Fsp3) is 0.500. The Bertz CT molecular complexity index is 384. The van der Waals surface area contributed by atoms with Gasteiger partial charge in [-0.15, -0.1) is 0 Å². The maximum absolute atomic E-state index is 11.3. The molecule has 0 unspecified atom stereocenters. The molecule has 0 atom stereocenters. The molecule has 0 saturated carbocycles. The van der Waals surface area contributed by atoms with Crippen molar-refractivity contribution >= 4 is 6.03 Å². The predicted octanol–water partition coefficient (Wildman–Crippen LogP) is 1.07. The SMILES string of the molecule is O=C1NCCN1CCNCCCOc1ccccc1. The highest BCUT2D eigenvalue weighted by atomic mass is 16.5. The first-order valence-corrected chi connectivity index (χ1v) is 6.77. The molecule has 5 heteroatoms. The lowest BCUT2D eigenvalue weighted by Gasteiger charge is -2.14. The third kappa shape index (κ3) is 4.79. The van der Waals surface area contributed by atoms with Crippen LogP contribution >= 0.6 is 0 Å². The topological polar surface area (TPSA) is 53.6 Å². The van der Waals surface area contributed by atoms with Gasteiger partial charge in [-0.25, -0.2) is 4.79 Å². The van der Waals surface area contributed by atoms with Crippen molar-refractivity contribution in [1.29, 1.82) is 0 Å². The number of carbonyl (C=O) groups excluding carboxylic acids is 1. The summed E-state index contributed by atoms with van der Waals surface area (Å²) in [7, 11) is 0. The fourth-order valence-corrected chi connectivity index (χ4v) is 1.97. The van der Waals surface area contributed by atoms with E-state index in [2.05, 4.69) is 10.6 Å². The molecule has 2 amide bonds. The number of rotatable bonds is 8. The minimum Gasteiger partial charge on any atom is -0.494 e. The molecule has 1 heterocycles. The molecule has 2 rings (SSSR count). The van der Waals surface area contributed by atoms with Gasteiger partial charge in [0.25, 0.3) is 0 Å². The molecular formula is C14H21N3O2. The Hall–Kier alpha value is -1.75. The summed E-state index contributed by atoms with van der Waals surface area (Å²) in [5, 5.41) is 6.11. The Balaban J connectivity index is 1.45. The lowest BCUT2D eigenvalue weighted by atomic mass is 10.3. The number of nitrogens with one attached hydrogen (secondary N) is 2. The summed E-state index contributed by atoms with van der Waals surface area (Å²) in [4.78, 5) is 13.1. The summed E-state index contributed by atoms with van der Waals surface area (Å²) in [5.74, 6) is 0.913. The van der Waals surface area contributed by atoms with Crippen LogP contribution in [0.2, 0.25) is 0 Å². The van der Waals surface area contributed by atoms with E-state index in [4.69, 9.17) is 4.74 Å². The van der Waals surface area contributed by atoms with Gasteiger partial charge in [0.1, 0.15) is 5.75 Å². The number of nitrogens with zero attached hydrogens (tertiary/aromatic N) is 1. The van der Waals surface area contributed by atoms with Crippen molar-refractivity contribution in [3.63, 3.8) is 0 Å². The van der Waals surface area contributed by atoms with E-state index in [1.54, 1.807) is 0 Å². The highest BCUT2D eigenvalue weighted by molar-refractivity contribution is 5.76. The van der Waals surface area contributed by atoms with Gasteiger partial charge in [-0.2, -0.15) is 0 Å². The molecule has 0 bridgehead atoms. The summed E-state index contributed by atoms with van der Waals surface area (Å²) >= 11 is 0. The normalized spacial score (nSPS) is 14.5. The highest BCUT2D eigenvalue weighted by Gasteiger charge is 2.17. The summed E-state index contributed by atoms with van der Waals surface area (Å²) < 4.78 is 5.59. The van der Waals surface area contributed by atoms with Crippen LogP contribution in [-0.2, 0) is 0 Å². The average molecular weight is 263 g/mol. The Morgan fingerprint density at radius 3 is 2.84 bits per heavy atom. The van der Waals surface area contributed by atoms with Crippen molar-refractivity contribution < 1.29 is 9.53 Å². The van der Waals surface area contributed by atoms with Gasteiger partial charge in [0, 0.05) is 26.2 Å². The molecule has 1 aliphatic rings. The van der Waals surface area contributed by atoms with Crippen LogP contribution in [0.1, 0.15) is 6.42 Å². The first kappa shape index (κ1) is 13.7. The number of carbonyl (C=O) groups is 1. The Morgan fingerprint density at radius 2 is 2.11 bits per heavy atom. The van der Waals surface area contributed by atoms with Crippen LogP contribution in [0.5, 0.6) is 5.75 Å². The van der Waals surface area contributed by atoms with Gasteiger partial charge in [0.2, 0.25) is 0 Å². The zero-order valence-electron chi connectivity index (χ0n) is 11.1. The van der Waals surface area contributed by atoms with E-state index in [1.807, 2.05) is 35.2 Å². The second-order valence-electron chi connectivity index (χ2n) is 4.48. The van der Waals surface area contributed by atoms with E-state index in [0.717, 1.165) is 44.9 Å². The van der Waals surface area contributed by atoms with Gasteiger partial charge in [0.15, 0.2) is 0 Å². The van der Waals surface area contributed by atoms with Crippen LogP contribution < -0.4 is 15.4 Å². The van der Waals surface area contributed by atoms with E-state index in [0.29, 0.717) is 6.61 Å². The molecule has 0 aliphatic carbocycles. The maximum atomic E-state index is 11.3. The number of urea groups is 1. The average Bonchev–Trinajstić information content (AvgIpc) is 2.84. The second kappa shape index (κ2) is 7.63. The molecule has 104 valence electrons. The largest absolute Gasteiger partial charge is 0.494 e. The standard InChI is InChI=1S/C14H21N3O2/c18-14-16-9-11-17(14)10-8-15-7-4-12-19-13-5-2-1-3-6-13/h1-3,5-6,15H,4,7-12H2,(H,16,18). The van der Waals surface area contributed by atoms with Crippen molar-refractivity contribution in [3.8, 4) is 5.75 Å². The first-order chi connectivity index (χ1) is 9.36. The number of hydrogen-bond donors (Lipinski definition) is 2. The molecule has 0 spiro atoms. The molecular weight excluding hydrogens is 242 g/mol. The minimum atomic E-state index is 0.0502. The number of hydrogen-bond acceptors (Lipinski definition) is 3. The van der Waals surface area contributed by atoms with Gasteiger partial charge in [-0.3, -0.25) is 0 Å². The van der Waals surface area contributed by atoms with Crippen LogP contribution in [0, 0.1) is 0 Å². The van der Waals surface area contributed by atoms with Crippen molar-refractivity contribution in [2.45, 2.75) is 6.42 Å². The fourth-order valence-electron chi connectivity index (χ4n) is 1.97. The molecule has 1 aromatic carbocycles. The van der Waals surface area contributed by atoms with E-state index in [9.17, 15) is 4.79 Å². The molecule has 1 aliphatic heterocycles. The van der Waals surface area contributed by atoms with Gasteiger partial charge in [0.05, 0.1) is 6.61 Å². The molecule has 0 radical (unpaired) electrons. The maximum Gasteiger partial charge on any atom is 0.317 e. The van der Waals surface area contributed by atoms with Crippen LogP contribution in [-0.4, -0.2) is 50.3 Å². The van der Waals surface area contributed by atoms with Crippen molar-refractivity contribution in [2.24, 2.45) is 0 Å². The zero-order chi connectivity index (χ0) is 13.3. The Kier molecular flexibility index (Phi) is 5.49. The van der Waals surface area contributed by atoms with Crippen LogP contribution in [0.4, 0.5) is 4.79 Å². The summed E-state index contributed by atoms with van der Waals surface area (Å²) in [5.41, 5.74) is 0. The monoisotopic (exact) mass is 263 g/mol. The van der Waals surface area contributed by atoms with E-state index >= 15 is 0 Å². The Labute approximate surface area is 113 Å². The molecule has 0 aromatic heterocycles. The second-order valence-corrected chi connectivity index (χ2v) is 4.48. The van der Waals surface area contributed by atoms with E-state index < -0.39 is 0 Å². The van der Waals surface area contributed by atoms with Crippen LogP contribution in [0.3, 0.4) is 0 Å². The summed E-state index contributed by atoms with van der Waals surface area (Å²) in [6.07, 6.45) is 0.959. The number of benzene rings is 1. The summed E-state index contributed by atoms with van der Waals surface area (Å²) in [6, 6.07) is 9.87. The van der Waals surface area contributed by atoms with Crippen LogP contribution in [0.15, 0.2) is 30.3 Å². The predicted molar refractivity (Wildman–Crippen MR) is 74.4 cm³/mol. The number of amides is 2. The van der Waals surface area contributed by atoms with E-state index in [1.165, 1.54) is 0 Å². The van der Waals surface area contributed by atoms with E-state index in [-0.39, 0.29) is 6.03 Å². The van der Waals surface area contributed by atoms with Crippen molar-refractivity contribution in [3.05, 3.63) is 30.3 Å². The molecule has 1 saturated heterocycles. The lowest BCUT2D eigenvalue weighted by Crippen LogP contribution is -2.35. The zero-order valence-corrected chi connectivity index (χ0v) is 11.1. The van der Waals surface area contributed by atoms with Crippen LogP contribution in [0.25, 0.3) is 0 Å². The summed E-state index contributed by atoms with van der Waals surface area (Å²) in [6.45, 7) is 4.80. The van der Waals surface area contributed by atoms with Crippen molar-refractivity contribution in [1.82, 2.24) is 15.5 Å². The molecule has 1 fully saturated rings. The Morgan fingerprint density at radius 1 is 1.26 bits per heavy atom. The molecule has 5 nitrogen and oxygen atoms in total. The third-order valence-corrected chi connectivity index (χ3v) is 3.01. The molecule has 19 heavy (non-hydrogen) atoms. The van der Waals surface area contributed by atoms with Gasteiger partial charge >= 0.3 is 6.03 Å². The van der Waals surface area contributed by atoms with Gasteiger partial charge < -0.3 is 20.3 Å². The highest BCUT2D eigenvalue weighted by Crippen LogP contribution is 2.07.